The van der Waals surface area contributed by atoms with Crippen molar-refractivity contribution < 1.29 is 153 Å². The van der Waals surface area contributed by atoms with Crippen molar-refractivity contribution in [3.05, 3.63) is 0 Å². The number of aliphatic carboxylic acids is 1. The average Bonchev–Trinajstić information content (AvgIpc) is 3.39. The molecule has 30 heteroatoms. The minimum Gasteiger partial charge on any atom is -0.477 e. The van der Waals surface area contributed by atoms with Gasteiger partial charge in [0.2, 0.25) is 5.79 Å². The van der Waals surface area contributed by atoms with E-state index in [1.807, 2.05) is 6.92 Å². The molecule has 0 aliphatic heterocycles. The van der Waals surface area contributed by atoms with Gasteiger partial charge < -0.3 is 148 Å². The van der Waals surface area contributed by atoms with Gasteiger partial charge in [-0.2, -0.15) is 0 Å². The third kappa shape index (κ3) is 16.6. The minimum absolute atomic E-state index is 0.155. The van der Waals surface area contributed by atoms with Crippen LogP contribution in [-0.2, 0) is 4.79 Å². The van der Waals surface area contributed by atoms with Crippen molar-refractivity contribution in [1.29, 1.82) is 0 Å². The molecule has 0 fully saturated rings. The summed E-state index contributed by atoms with van der Waals surface area (Å²) in [5.74, 6) is -26.0. The molecule has 468 valence electrons. The summed E-state index contributed by atoms with van der Waals surface area (Å²) in [4.78, 5) is 12.3. The molecule has 0 rings (SSSR count). The lowest BCUT2D eigenvalue weighted by molar-refractivity contribution is -0.527. The van der Waals surface area contributed by atoms with Crippen LogP contribution in [-0.4, -0.2) is 304 Å². The van der Waals surface area contributed by atoms with Crippen LogP contribution in [0, 0.1) is 27.1 Å². The first-order valence-electron chi connectivity index (χ1n) is 26.0. The Labute approximate surface area is 451 Å². The molecule has 10 unspecified atom stereocenters. The first-order chi connectivity index (χ1) is 36.0. The van der Waals surface area contributed by atoms with Gasteiger partial charge in [-0.3, -0.25) is 0 Å². The fourth-order valence-corrected chi connectivity index (χ4v) is 13.0. The van der Waals surface area contributed by atoms with Gasteiger partial charge in [-0.25, -0.2) is 4.79 Å². The molecular weight excluding hydrogens is 1060 g/mol. The highest BCUT2D eigenvalue weighted by atomic mass is 16.7. The first kappa shape index (κ1) is 76.3. The number of rotatable bonds is 46. The highest BCUT2D eigenvalue weighted by Gasteiger charge is 2.84. The van der Waals surface area contributed by atoms with Crippen molar-refractivity contribution in [2.24, 2.45) is 27.1 Å². The SMILES string of the molecule is CCCCCCCCC(CC(O)CO)(CC(O)CO)C(CC(O)CO)(CC(O)CO)C(CC(O)CO)(CC(O)CO)C(CC(O)CO)(CC(O)CO)C(CC(O)CO)(CC(O)CO)C(O)(O)C(O)(O)C(O)(O)C(O)(O)C(=O)O. The summed E-state index contributed by atoms with van der Waals surface area (Å²) in [5, 5.41) is 333. The normalized spacial score (nSPS) is 21.1. The van der Waals surface area contributed by atoms with E-state index in [0.29, 0.717) is 25.7 Å². The maximum atomic E-state index is 13.2. The molecule has 0 saturated carbocycles. The quantitative estimate of drug-likeness (QED) is 0.0199. The van der Waals surface area contributed by atoms with Gasteiger partial charge in [0, 0.05) is 5.41 Å². The zero-order valence-corrected chi connectivity index (χ0v) is 44.2. The summed E-state index contributed by atoms with van der Waals surface area (Å²) in [6.45, 7) is -13.3. The second-order valence-electron chi connectivity index (χ2n) is 21.5. The Kier molecular flexibility index (Phi) is 32.3. The molecular formula is C48H96O30. The molecule has 0 aliphatic carbocycles. The maximum Gasteiger partial charge on any atom is 0.370 e. The summed E-state index contributed by atoms with van der Waals surface area (Å²) < 4.78 is 0. The van der Waals surface area contributed by atoms with Crippen molar-refractivity contribution in [3.63, 3.8) is 0 Å². The molecule has 0 spiro atoms. The van der Waals surface area contributed by atoms with E-state index < -0.39 is 254 Å². The molecule has 0 amide bonds. The van der Waals surface area contributed by atoms with Gasteiger partial charge in [0.1, 0.15) is 0 Å². The maximum absolute atomic E-state index is 13.2. The fraction of sp³-hybridized carbons (Fsp3) is 0.979. The Bertz CT molecular complexity index is 1590. The molecule has 30 nitrogen and oxygen atoms in total. The van der Waals surface area contributed by atoms with E-state index in [2.05, 4.69) is 0 Å². The van der Waals surface area contributed by atoms with Crippen molar-refractivity contribution >= 4 is 5.97 Å². The van der Waals surface area contributed by atoms with Crippen LogP contribution in [0.15, 0.2) is 0 Å². The van der Waals surface area contributed by atoms with Gasteiger partial charge in [0.05, 0.1) is 127 Å². The largest absolute Gasteiger partial charge is 0.477 e. The Morgan fingerprint density at radius 3 is 0.808 bits per heavy atom. The lowest BCUT2D eigenvalue weighted by Gasteiger charge is -2.75. The van der Waals surface area contributed by atoms with Gasteiger partial charge in [-0.05, 0) is 92.3 Å². The monoisotopic (exact) mass is 1150 g/mol. The zero-order chi connectivity index (χ0) is 60.9. The third-order valence-corrected chi connectivity index (χ3v) is 16.2. The van der Waals surface area contributed by atoms with Crippen molar-refractivity contribution in [3.8, 4) is 0 Å². The average molecular weight is 1150 g/mol. The fourth-order valence-electron chi connectivity index (χ4n) is 13.0. The van der Waals surface area contributed by atoms with Gasteiger partial charge in [0.25, 0.3) is 11.6 Å². The molecule has 0 aromatic carbocycles. The summed E-state index contributed by atoms with van der Waals surface area (Å²) in [6.07, 6.45) is -39.3. The highest BCUT2D eigenvalue weighted by Crippen LogP contribution is 2.79. The van der Waals surface area contributed by atoms with Crippen molar-refractivity contribution in [1.82, 2.24) is 0 Å². The molecule has 0 aromatic rings. The predicted octanol–water partition coefficient (Wildman–Crippen LogP) is -10.1. The Morgan fingerprint density at radius 1 is 0.308 bits per heavy atom. The van der Waals surface area contributed by atoms with Gasteiger partial charge in [0.15, 0.2) is 0 Å². The summed E-state index contributed by atoms with van der Waals surface area (Å²) in [6, 6.07) is 0. The van der Waals surface area contributed by atoms with Crippen LogP contribution in [0.1, 0.15) is 116 Å². The molecule has 0 bridgehead atoms. The molecule has 0 aromatic heterocycles. The van der Waals surface area contributed by atoms with Crippen LogP contribution < -0.4 is 0 Å². The highest BCUT2D eigenvalue weighted by molar-refractivity contribution is 5.76. The van der Waals surface area contributed by atoms with Crippen LogP contribution in [0.2, 0.25) is 0 Å². The first-order valence-corrected chi connectivity index (χ1v) is 26.0. The minimum atomic E-state index is -5.89. The number of hydrogen-bond donors (Lipinski definition) is 29. The van der Waals surface area contributed by atoms with E-state index in [9.17, 15) is 153 Å². The van der Waals surface area contributed by atoms with Crippen LogP contribution in [0.5, 0.6) is 0 Å². The lowest BCUT2D eigenvalue weighted by atomic mass is 9.29. The number of carboxylic acids is 1. The van der Waals surface area contributed by atoms with E-state index >= 15 is 0 Å². The number of carbonyl (C=O) groups is 1. The molecule has 29 N–H and O–H groups in total. The number of aliphatic hydroxyl groups is 28. The second kappa shape index (κ2) is 33.0. The van der Waals surface area contributed by atoms with E-state index in [0.717, 1.165) is 0 Å². The summed E-state index contributed by atoms with van der Waals surface area (Å²) in [7, 11) is 0. The van der Waals surface area contributed by atoms with E-state index in [1.165, 1.54) is 0 Å². The van der Waals surface area contributed by atoms with Crippen LogP contribution >= 0.6 is 0 Å². The third-order valence-electron chi connectivity index (χ3n) is 16.2. The lowest BCUT2D eigenvalue weighted by Crippen LogP contribution is -2.84. The topological polar surface area (TPSA) is 604 Å². The molecule has 0 heterocycles. The Morgan fingerprint density at radius 2 is 0.538 bits per heavy atom. The van der Waals surface area contributed by atoms with Gasteiger partial charge in [-0.1, -0.05) is 45.4 Å². The van der Waals surface area contributed by atoms with Crippen LogP contribution in [0.3, 0.4) is 0 Å². The zero-order valence-electron chi connectivity index (χ0n) is 44.2. The second-order valence-corrected chi connectivity index (χ2v) is 21.5. The van der Waals surface area contributed by atoms with Crippen molar-refractivity contribution in [2.45, 2.75) is 200 Å². The molecule has 0 aliphatic rings. The Balaban J connectivity index is 12.0. The van der Waals surface area contributed by atoms with Crippen LogP contribution in [0.4, 0.5) is 0 Å². The summed E-state index contributed by atoms with van der Waals surface area (Å²) >= 11 is 0. The van der Waals surface area contributed by atoms with E-state index in [1.54, 1.807) is 0 Å². The molecule has 10 atom stereocenters. The van der Waals surface area contributed by atoms with Gasteiger partial charge in [-0.15, -0.1) is 0 Å². The molecule has 78 heavy (non-hydrogen) atoms. The van der Waals surface area contributed by atoms with Crippen molar-refractivity contribution in [2.75, 3.05) is 66.1 Å². The number of carboxylic acid groups (broad SMARTS) is 1. The predicted molar refractivity (Wildman–Crippen MR) is 264 cm³/mol. The van der Waals surface area contributed by atoms with Crippen LogP contribution in [0.25, 0.3) is 0 Å². The smallest absolute Gasteiger partial charge is 0.370 e. The standard InChI is InChI=1S/C48H96O30/c1-2-3-4-5-6-7-8-40(9-29(59)19-49,10-30(60)20-50)41(11-31(61)21-51,12-32(62)22-52)42(13-33(63)23-53,14-34(64)24-54)43(15-35(65)25-55,16-36(66)26-56)44(17-37(67)27-57,18-38(68)28-58)46(73,74)48(77,78)47(75,76)45(71,72)39(69)70/h29-38,49-68,71-78H,2-28H2,1H3,(H,69,70). The van der Waals surface area contributed by atoms with E-state index in [-0.39, 0.29) is 12.8 Å². The van der Waals surface area contributed by atoms with E-state index in [4.69, 9.17) is 0 Å². The van der Waals surface area contributed by atoms with Gasteiger partial charge >= 0.3 is 11.8 Å². The molecule has 0 saturated heterocycles. The number of hydrogen-bond acceptors (Lipinski definition) is 29. The number of unbranched alkanes of at least 4 members (excludes halogenated alkanes) is 5. The molecule has 0 radical (unpaired) electrons. The summed E-state index contributed by atoms with van der Waals surface area (Å²) in [5.41, 5.74) is -17.5. The number of aliphatic hydroxyl groups excluding tert-OH is 20. The Hall–Kier alpha value is -1.65.